The van der Waals surface area contributed by atoms with Crippen LogP contribution in [0, 0.1) is 13.8 Å². The summed E-state index contributed by atoms with van der Waals surface area (Å²) in [5.74, 6) is 0.424. The van der Waals surface area contributed by atoms with Gasteiger partial charge >= 0.3 is 0 Å². The molecule has 94 valence electrons. The summed E-state index contributed by atoms with van der Waals surface area (Å²) in [5.41, 5.74) is 2.12. The van der Waals surface area contributed by atoms with Gasteiger partial charge in [0.15, 0.2) is 0 Å². The first-order valence-corrected chi connectivity index (χ1v) is 7.69. The van der Waals surface area contributed by atoms with Crippen molar-refractivity contribution in [1.29, 1.82) is 0 Å². The third kappa shape index (κ3) is 2.16. The summed E-state index contributed by atoms with van der Waals surface area (Å²) in [5, 5.41) is 0. The molecule has 1 heterocycles. The number of ether oxygens (including phenoxy) is 1. The maximum absolute atomic E-state index is 11.7. The largest absolute Gasteiger partial charge is 0.486 e. The Kier molecular flexibility index (Phi) is 2.71. The van der Waals surface area contributed by atoms with Crippen molar-refractivity contribution in [3.8, 4) is 5.75 Å². The summed E-state index contributed by atoms with van der Waals surface area (Å²) in [6, 6.07) is 1.98. The van der Waals surface area contributed by atoms with E-state index in [9.17, 15) is 8.42 Å². The molecule has 0 bridgehead atoms. The molecule has 0 aliphatic carbocycles. The van der Waals surface area contributed by atoms with Crippen LogP contribution >= 0.6 is 10.7 Å². The molecule has 3 nitrogen and oxygen atoms in total. The van der Waals surface area contributed by atoms with Crippen molar-refractivity contribution in [3.05, 3.63) is 22.8 Å². The molecular formula is C12H15ClO3S. The van der Waals surface area contributed by atoms with E-state index in [1.807, 2.05) is 26.8 Å². The summed E-state index contributed by atoms with van der Waals surface area (Å²) in [4.78, 5) is 0.125. The highest BCUT2D eigenvalue weighted by atomic mass is 35.7. The Bertz CT molecular complexity index is 588. The van der Waals surface area contributed by atoms with Crippen LogP contribution in [0.2, 0.25) is 0 Å². The van der Waals surface area contributed by atoms with Gasteiger partial charge in [0, 0.05) is 17.1 Å². The highest BCUT2D eigenvalue weighted by molar-refractivity contribution is 8.13. The maximum atomic E-state index is 11.7. The van der Waals surface area contributed by atoms with E-state index in [1.165, 1.54) is 0 Å². The van der Waals surface area contributed by atoms with Crippen molar-refractivity contribution in [3.63, 3.8) is 0 Å². The molecule has 0 aromatic heterocycles. The zero-order valence-electron chi connectivity index (χ0n) is 10.3. The van der Waals surface area contributed by atoms with Crippen LogP contribution in [0.3, 0.4) is 0 Å². The number of hydrogen-bond acceptors (Lipinski definition) is 3. The van der Waals surface area contributed by atoms with Gasteiger partial charge in [-0.1, -0.05) is 6.07 Å². The lowest BCUT2D eigenvalue weighted by atomic mass is 9.98. The second kappa shape index (κ2) is 3.62. The summed E-state index contributed by atoms with van der Waals surface area (Å²) in [6.07, 6.45) is 0.697. The zero-order chi connectivity index (χ0) is 13.0. The number of fused-ring (bicyclic) bond motifs is 1. The molecule has 0 atom stereocenters. The Hall–Kier alpha value is -0.740. The van der Waals surface area contributed by atoms with Gasteiger partial charge in [0.1, 0.15) is 16.2 Å². The van der Waals surface area contributed by atoms with Gasteiger partial charge < -0.3 is 4.74 Å². The van der Waals surface area contributed by atoms with Crippen LogP contribution in [-0.4, -0.2) is 14.0 Å². The van der Waals surface area contributed by atoms with Crippen LogP contribution in [0.1, 0.15) is 30.5 Å². The average molecular weight is 275 g/mol. The van der Waals surface area contributed by atoms with Crippen molar-refractivity contribution < 1.29 is 13.2 Å². The van der Waals surface area contributed by atoms with Crippen molar-refractivity contribution >= 4 is 19.7 Å². The molecule has 1 aromatic rings. The van der Waals surface area contributed by atoms with Crippen molar-refractivity contribution in [1.82, 2.24) is 0 Å². The van der Waals surface area contributed by atoms with Gasteiger partial charge in [-0.25, -0.2) is 8.42 Å². The van der Waals surface area contributed by atoms with E-state index in [-0.39, 0.29) is 10.5 Å². The van der Waals surface area contributed by atoms with Crippen LogP contribution in [0.25, 0.3) is 0 Å². The van der Waals surface area contributed by atoms with E-state index < -0.39 is 9.05 Å². The predicted octanol–water partition coefficient (Wildman–Crippen LogP) is 2.94. The highest BCUT2D eigenvalue weighted by Gasteiger charge is 2.36. The van der Waals surface area contributed by atoms with Gasteiger partial charge in [-0.05, 0) is 44.4 Å². The topological polar surface area (TPSA) is 43.4 Å². The molecule has 0 spiro atoms. The Balaban J connectivity index is 2.78. The van der Waals surface area contributed by atoms with Gasteiger partial charge in [-0.3, -0.25) is 0 Å². The number of halogens is 1. The van der Waals surface area contributed by atoms with Gasteiger partial charge in [0.2, 0.25) is 0 Å². The third-order valence-electron chi connectivity index (χ3n) is 3.06. The van der Waals surface area contributed by atoms with Crippen molar-refractivity contribution in [2.24, 2.45) is 0 Å². The SMILES string of the molecule is Cc1cc2c(c(S(=O)(=O)Cl)c1C)OC(C)(C)C2. The van der Waals surface area contributed by atoms with Crippen LogP contribution in [-0.2, 0) is 15.5 Å². The molecule has 0 fully saturated rings. The summed E-state index contributed by atoms with van der Waals surface area (Å²) in [7, 11) is 1.72. The Morgan fingerprint density at radius 2 is 1.94 bits per heavy atom. The molecule has 2 rings (SSSR count). The second-order valence-electron chi connectivity index (χ2n) is 5.11. The first-order chi connectivity index (χ1) is 7.62. The number of aryl methyl sites for hydroxylation is 1. The van der Waals surface area contributed by atoms with Crippen molar-refractivity contribution in [2.45, 2.75) is 44.6 Å². The average Bonchev–Trinajstić information content (AvgIpc) is 2.38. The maximum Gasteiger partial charge on any atom is 0.265 e. The quantitative estimate of drug-likeness (QED) is 0.740. The standard InChI is InChI=1S/C12H15ClO3S/c1-7-5-9-6-12(3,4)16-10(9)11(8(7)2)17(13,14)15/h5H,6H2,1-4H3. The number of hydrogen-bond donors (Lipinski definition) is 0. The monoisotopic (exact) mass is 274 g/mol. The molecule has 0 radical (unpaired) electrons. The van der Waals surface area contributed by atoms with Crippen LogP contribution in [0.15, 0.2) is 11.0 Å². The van der Waals surface area contributed by atoms with E-state index in [1.54, 1.807) is 6.92 Å². The minimum atomic E-state index is -3.78. The molecular weight excluding hydrogens is 260 g/mol. The Morgan fingerprint density at radius 3 is 2.47 bits per heavy atom. The lowest BCUT2D eigenvalue weighted by molar-refractivity contribution is 0.135. The van der Waals surface area contributed by atoms with Gasteiger partial charge in [-0.2, -0.15) is 0 Å². The predicted molar refractivity (Wildman–Crippen MR) is 67.4 cm³/mol. The summed E-state index contributed by atoms with van der Waals surface area (Å²) >= 11 is 0. The lowest BCUT2D eigenvalue weighted by Gasteiger charge is -2.18. The van der Waals surface area contributed by atoms with Gasteiger partial charge in [0.05, 0.1) is 0 Å². The normalized spacial score (nSPS) is 17.7. The van der Waals surface area contributed by atoms with E-state index in [4.69, 9.17) is 15.4 Å². The van der Waals surface area contributed by atoms with Gasteiger partial charge in [0.25, 0.3) is 9.05 Å². The molecule has 17 heavy (non-hydrogen) atoms. The zero-order valence-corrected chi connectivity index (χ0v) is 11.9. The molecule has 1 aromatic carbocycles. The van der Waals surface area contributed by atoms with E-state index >= 15 is 0 Å². The minimum Gasteiger partial charge on any atom is -0.486 e. The van der Waals surface area contributed by atoms with Crippen LogP contribution < -0.4 is 4.74 Å². The molecule has 0 saturated heterocycles. The molecule has 1 aliphatic rings. The first kappa shape index (κ1) is 12.7. The molecule has 0 unspecified atom stereocenters. The number of rotatable bonds is 1. The smallest absolute Gasteiger partial charge is 0.265 e. The molecule has 0 N–H and O–H groups in total. The van der Waals surface area contributed by atoms with Crippen LogP contribution in [0.5, 0.6) is 5.75 Å². The fourth-order valence-electron chi connectivity index (χ4n) is 2.24. The summed E-state index contributed by atoms with van der Waals surface area (Å²) in [6.45, 7) is 7.50. The van der Waals surface area contributed by atoms with Crippen molar-refractivity contribution in [2.75, 3.05) is 0 Å². The molecule has 0 amide bonds. The van der Waals surface area contributed by atoms with E-state index in [0.29, 0.717) is 17.7 Å². The van der Waals surface area contributed by atoms with E-state index in [0.717, 1.165) is 11.1 Å². The third-order valence-corrected chi connectivity index (χ3v) is 4.50. The Labute approximate surface area is 106 Å². The fraction of sp³-hybridized carbons (Fsp3) is 0.500. The highest BCUT2D eigenvalue weighted by Crippen LogP contribution is 2.43. The van der Waals surface area contributed by atoms with E-state index in [2.05, 4.69) is 0 Å². The van der Waals surface area contributed by atoms with Gasteiger partial charge in [-0.15, -0.1) is 0 Å². The lowest BCUT2D eigenvalue weighted by Crippen LogP contribution is -2.25. The molecule has 0 saturated carbocycles. The minimum absolute atomic E-state index is 0.125. The second-order valence-corrected chi connectivity index (χ2v) is 7.61. The Morgan fingerprint density at radius 1 is 1.35 bits per heavy atom. The first-order valence-electron chi connectivity index (χ1n) is 5.38. The fourth-order valence-corrected chi connectivity index (χ4v) is 3.72. The van der Waals surface area contributed by atoms with Crippen LogP contribution in [0.4, 0.5) is 0 Å². The number of benzene rings is 1. The summed E-state index contributed by atoms with van der Waals surface area (Å²) < 4.78 is 29.0. The molecule has 1 aliphatic heterocycles. The molecule has 5 heteroatoms.